The number of carbonyl (C=O) groups is 2. The Balaban J connectivity index is 1.30. The SMILES string of the molecule is CC[C@@H]1C(=O)N(C)c2cnc(Nc3ccc(C(=O)NCC(O)CN4CCN(C)CC4)c4c3OCC4)nc2N1C(C)C. The molecule has 12 heteroatoms. The summed E-state index contributed by atoms with van der Waals surface area (Å²) in [6, 6.07) is 3.36. The average Bonchev–Trinajstić information content (AvgIpc) is 3.45. The number of nitrogens with zero attached hydrogens (tertiary/aromatic N) is 6. The van der Waals surface area contributed by atoms with Crippen molar-refractivity contribution in [1.82, 2.24) is 25.1 Å². The van der Waals surface area contributed by atoms with Crippen LogP contribution < -0.4 is 25.2 Å². The van der Waals surface area contributed by atoms with Crippen molar-refractivity contribution < 1.29 is 19.4 Å². The maximum absolute atomic E-state index is 13.1. The van der Waals surface area contributed by atoms with Crippen LogP contribution in [0.3, 0.4) is 0 Å². The van der Waals surface area contributed by atoms with E-state index in [0.717, 1.165) is 31.7 Å². The maximum atomic E-state index is 13.1. The molecule has 2 atom stereocenters. The minimum Gasteiger partial charge on any atom is -0.491 e. The van der Waals surface area contributed by atoms with E-state index in [9.17, 15) is 14.7 Å². The van der Waals surface area contributed by atoms with Gasteiger partial charge in [0.05, 0.1) is 24.6 Å². The summed E-state index contributed by atoms with van der Waals surface area (Å²) in [7, 11) is 3.86. The van der Waals surface area contributed by atoms with Crippen LogP contribution >= 0.6 is 0 Å². The lowest BCUT2D eigenvalue weighted by atomic mass is 10.0. The first-order valence-electron chi connectivity index (χ1n) is 14.5. The zero-order valence-electron chi connectivity index (χ0n) is 24.7. The summed E-state index contributed by atoms with van der Waals surface area (Å²) >= 11 is 0. The number of benzene rings is 1. The van der Waals surface area contributed by atoms with Crippen molar-refractivity contribution in [3.63, 3.8) is 0 Å². The van der Waals surface area contributed by atoms with Crippen LogP contribution in [-0.2, 0) is 11.2 Å². The smallest absolute Gasteiger partial charge is 0.251 e. The zero-order valence-corrected chi connectivity index (χ0v) is 24.7. The fourth-order valence-corrected chi connectivity index (χ4v) is 5.86. The molecule has 12 nitrogen and oxygen atoms in total. The number of piperazine rings is 1. The van der Waals surface area contributed by atoms with Crippen LogP contribution in [0.15, 0.2) is 18.3 Å². The Hall–Kier alpha value is -3.48. The number of nitrogens with one attached hydrogen (secondary N) is 2. The molecule has 0 saturated carbocycles. The first-order valence-corrected chi connectivity index (χ1v) is 14.5. The van der Waals surface area contributed by atoms with Crippen molar-refractivity contribution in [3.05, 3.63) is 29.5 Å². The van der Waals surface area contributed by atoms with Gasteiger partial charge in [-0.1, -0.05) is 6.92 Å². The van der Waals surface area contributed by atoms with Gasteiger partial charge in [-0.25, -0.2) is 4.98 Å². The van der Waals surface area contributed by atoms with Crippen molar-refractivity contribution in [2.45, 2.75) is 51.8 Å². The second-order valence-electron chi connectivity index (χ2n) is 11.4. The van der Waals surface area contributed by atoms with Crippen LogP contribution in [0.4, 0.5) is 23.1 Å². The molecule has 2 amide bonds. The quantitative estimate of drug-likeness (QED) is 0.411. The van der Waals surface area contributed by atoms with E-state index in [1.165, 1.54) is 0 Å². The number of amides is 2. The molecule has 1 aromatic heterocycles. The molecule has 5 rings (SSSR count). The number of carbonyl (C=O) groups excluding carboxylic acids is 2. The van der Waals surface area contributed by atoms with E-state index in [1.807, 2.05) is 6.92 Å². The van der Waals surface area contributed by atoms with Gasteiger partial charge in [-0.15, -0.1) is 0 Å². The molecular weight excluding hydrogens is 524 g/mol. The number of ether oxygens (including phenoxy) is 1. The highest BCUT2D eigenvalue weighted by Crippen LogP contribution is 2.39. The Bertz CT molecular complexity index is 1280. The second kappa shape index (κ2) is 12.2. The van der Waals surface area contributed by atoms with Gasteiger partial charge in [-0.2, -0.15) is 4.98 Å². The number of aliphatic hydroxyl groups excluding tert-OH is 1. The van der Waals surface area contributed by atoms with E-state index in [4.69, 9.17) is 9.72 Å². The molecular formula is C29H42N8O4. The second-order valence-corrected chi connectivity index (χ2v) is 11.4. The Morgan fingerprint density at radius 1 is 1.20 bits per heavy atom. The molecule has 1 fully saturated rings. The van der Waals surface area contributed by atoms with Crippen LogP contribution in [0.25, 0.3) is 0 Å². The Morgan fingerprint density at radius 3 is 2.66 bits per heavy atom. The first-order chi connectivity index (χ1) is 19.7. The van der Waals surface area contributed by atoms with Gasteiger partial charge in [0.15, 0.2) is 5.82 Å². The fourth-order valence-electron chi connectivity index (χ4n) is 5.86. The molecule has 1 aromatic carbocycles. The third-order valence-corrected chi connectivity index (χ3v) is 8.16. The molecule has 2 aromatic rings. The van der Waals surface area contributed by atoms with E-state index >= 15 is 0 Å². The number of hydrogen-bond donors (Lipinski definition) is 3. The highest BCUT2D eigenvalue weighted by atomic mass is 16.5. The molecule has 3 aliphatic rings. The van der Waals surface area contributed by atoms with Gasteiger partial charge in [-0.3, -0.25) is 14.5 Å². The number of aromatic nitrogens is 2. The lowest BCUT2D eigenvalue weighted by Gasteiger charge is -2.42. The van der Waals surface area contributed by atoms with E-state index in [2.05, 4.69) is 51.2 Å². The summed E-state index contributed by atoms with van der Waals surface area (Å²) < 4.78 is 5.94. The number of β-amino-alcohol motifs (C(OH)–C–C–N with tert-alkyl or cyclic N) is 1. The van der Waals surface area contributed by atoms with Crippen molar-refractivity contribution in [1.29, 1.82) is 0 Å². The Morgan fingerprint density at radius 2 is 1.95 bits per heavy atom. The minimum absolute atomic E-state index is 0.0324. The molecule has 0 aliphatic carbocycles. The summed E-state index contributed by atoms with van der Waals surface area (Å²) in [5.41, 5.74) is 2.70. The van der Waals surface area contributed by atoms with Crippen molar-refractivity contribution in [2.24, 2.45) is 0 Å². The highest BCUT2D eigenvalue weighted by molar-refractivity contribution is 6.04. The zero-order chi connectivity index (χ0) is 29.3. The van der Waals surface area contributed by atoms with E-state index in [1.54, 1.807) is 30.3 Å². The van der Waals surface area contributed by atoms with Crippen LogP contribution in [0.5, 0.6) is 5.75 Å². The van der Waals surface area contributed by atoms with Crippen molar-refractivity contribution in [2.75, 3.05) is 75.1 Å². The molecule has 0 radical (unpaired) electrons. The predicted molar refractivity (Wildman–Crippen MR) is 158 cm³/mol. The topological polar surface area (TPSA) is 126 Å². The monoisotopic (exact) mass is 566 g/mol. The van der Waals surface area contributed by atoms with Crippen molar-refractivity contribution in [3.8, 4) is 5.75 Å². The fraction of sp³-hybridized carbons (Fsp3) is 0.586. The lowest BCUT2D eigenvalue weighted by molar-refractivity contribution is -0.120. The predicted octanol–water partition coefficient (Wildman–Crippen LogP) is 1.46. The summed E-state index contributed by atoms with van der Waals surface area (Å²) in [5, 5.41) is 16.7. The highest BCUT2D eigenvalue weighted by Gasteiger charge is 2.38. The number of rotatable bonds is 9. The van der Waals surface area contributed by atoms with Gasteiger partial charge >= 0.3 is 0 Å². The van der Waals surface area contributed by atoms with E-state index < -0.39 is 6.10 Å². The summed E-state index contributed by atoms with van der Waals surface area (Å²) in [4.78, 5) is 43.5. The molecule has 0 spiro atoms. The third kappa shape index (κ3) is 5.95. The normalized spacial score (nSPS) is 20.1. The Labute approximate surface area is 241 Å². The molecule has 3 aliphatic heterocycles. The van der Waals surface area contributed by atoms with Crippen LogP contribution in [0, 0.1) is 0 Å². The van der Waals surface area contributed by atoms with Gasteiger partial charge < -0.3 is 35.2 Å². The molecule has 1 saturated heterocycles. The average molecular weight is 567 g/mol. The molecule has 3 N–H and O–H groups in total. The van der Waals surface area contributed by atoms with Gasteiger partial charge in [-0.05, 0) is 39.4 Å². The van der Waals surface area contributed by atoms with Crippen LogP contribution in [0.1, 0.15) is 43.1 Å². The van der Waals surface area contributed by atoms with Gasteiger partial charge in [0.1, 0.15) is 17.5 Å². The van der Waals surface area contributed by atoms with Gasteiger partial charge in [0.2, 0.25) is 11.9 Å². The number of fused-ring (bicyclic) bond motifs is 2. The third-order valence-electron chi connectivity index (χ3n) is 8.16. The largest absolute Gasteiger partial charge is 0.491 e. The number of aliphatic hydroxyl groups is 1. The van der Waals surface area contributed by atoms with Gasteiger partial charge in [0, 0.05) is 69.9 Å². The van der Waals surface area contributed by atoms with Crippen LogP contribution in [0.2, 0.25) is 0 Å². The minimum atomic E-state index is -0.638. The van der Waals surface area contributed by atoms with E-state index in [-0.39, 0.29) is 30.4 Å². The summed E-state index contributed by atoms with van der Waals surface area (Å²) in [6.07, 6.45) is 2.31. The molecule has 41 heavy (non-hydrogen) atoms. The first kappa shape index (κ1) is 29.0. The van der Waals surface area contributed by atoms with Crippen LogP contribution in [-0.4, -0.2) is 115 Å². The standard InChI is InChI=1S/C29H42N8O4/c1-6-23-28(40)35(5)24-16-31-29(33-26(24)37(23)18(2)3)32-22-8-7-21(20-9-14-41-25(20)22)27(39)30-15-19(38)17-36-12-10-34(4)11-13-36/h7-8,16,18-19,23,38H,6,9-15,17H2,1-5H3,(H,30,39)(H,31,32,33)/t19?,23-/m1/s1. The lowest BCUT2D eigenvalue weighted by Crippen LogP contribution is -2.54. The number of likely N-dealkylation sites (N-methyl/N-ethyl adjacent to an activating group) is 2. The Kier molecular flexibility index (Phi) is 8.62. The maximum Gasteiger partial charge on any atom is 0.251 e. The number of hydrogen-bond acceptors (Lipinski definition) is 10. The molecule has 4 heterocycles. The van der Waals surface area contributed by atoms with Crippen molar-refractivity contribution >= 4 is 35.0 Å². The molecule has 0 bridgehead atoms. The summed E-state index contributed by atoms with van der Waals surface area (Å²) in [5.74, 6) is 1.50. The number of anilines is 4. The summed E-state index contributed by atoms with van der Waals surface area (Å²) in [6.45, 7) is 11.1. The van der Waals surface area contributed by atoms with E-state index in [0.29, 0.717) is 60.4 Å². The molecule has 222 valence electrons. The van der Waals surface area contributed by atoms with Gasteiger partial charge in [0.25, 0.3) is 5.91 Å². The molecule has 1 unspecified atom stereocenters.